The lowest BCUT2D eigenvalue weighted by atomic mass is 10.2. The second kappa shape index (κ2) is 10.6. The average Bonchev–Trinajstić information content (AvgIpc) is 2.78. The molecule has 1 aliphatic heterocycles. The number of carbonyl (C=O) groups excluding carboxylic acids is 2. The summed E-state index contributed by atoms with van der Waals surface area (Å²) in [6.45, 7) is 6.24. The highest BCUT2D eigenvalue weighted by molar-refractivity contribution is 5.85. The van der Waals surface area contributed by atoms with Crippen LogP contribution in [-0.2, 0) is 16.1 Å². The number of amides is 2. The van der Waals surface area contributed by atoms with Gasteiger partial charge in [-0.2, -0.15) is 0 Å². The zero-order valence-corrected chi connectivity index (χ0v) is 17.2. The van der Waals surface area contributed by atoms with Gasteiger partial charge in [-0.15, -0.1) is 0 Å². The number of carbonyl (C=O) groups is 2. The molecule has 1 saturated heterocycles. The van der Waals surface area contributed by atoms with Crippen molar-refractivity contribution in [1.29, 1.82) is 0 Å². The van der Waals surface area contributed by atoms with Crippen molar-refractivity contribution in [2.45, 2.75) is 13.5 Å². The van der Waals surface area contributed by atoms with E-state index in [2.05, 4.69) is 20.2 Å². The van der Waals surface area contributed by atoms with E-state index in [1.807, 2.05) is 6.92 Å². The van der Waals surface area contributed by atoms with Gasteiger partial charge >= 0.3 is 0 Å². The number of likely N-dealkylation sites (N-methyl/N-ethyl adjacent to an activating group) is 1. The van der Waals surface area contributed by atoms with Crippen LogP contribution in [0.5, 0.6) is 0 Å². The van der Waals surface area contributed by atoms with Gasteiger partial charge in [0.25, 0.3) is 5.91 Å². The Morgan fingerprint density at radius 1 is 1.17 bits per heavy atom. The zero-order chi connectivity index (χ0) is 21.3. The van der Waals surface area contributed by atoms with Crippen LogP contribution in [0.4, 0.5) is 10.3 Å². The van der Waals surface area contributed by atoms with Crippen LogP contribution >= 0.6 is 0 Å². The van der Waals surface area contributed by atoms with E-state index in [-0.39, 0.29) is 24.2 Å². The second-order valence-electron chi connectivity index (χ2n) is 7.27. The van der Waals surface area contributed by atoms with E-state index in [0.717, 1.165) is 37.7 Å². The molecule has 3 rings (SSSR count). The van der Waals surface area contributed by atoms with E-state index in [4.69, 9.17) is 0 Å². The Morgan fingerprint density at radius 2 is 1.83 bits per heavy atom. The van der Waals surface area contributed by atoms with Gasteiger partial charge in [0.05, 0.1) is 32.7 Å². The van der Waals surface area contributed by atoms with Crippen LogP contribution in [0, 0.1) is 5.82 Å². The zero-order valence-electron chi connectivity index (χ0n) is 17.2. The first-order valence-corrected chi connectivity index (χ1v) is 10.2. The fourth-order valence-electron chi connectivity index (χ4n) is 3.39. The molecular formula is C21H28FN6O2+. The van der Waals surface area contributed by atoms with Gasteiger partial charge in [-0.05, 0) is 30.7 Å². The van der Waals surface area contributed by atoms with E-state index in [9.17, 15) is 14.0 Å². The molecule has 0 radical (unpaired) electrons. The Kier molecular flexibility index (Phi) is 7.67. The maximum absolute atomic E-state index is 13.0. The van der Waals surface area contributed by atoms with Gasteiger partial charge in [0.2, 0.25) is 11.9 Å². The minimum atomic E-state index is -0.313. The number of piperazine rings is 1. The monoisotopic (exact) mass is 415 g/mol. The molecule has 0 unspecified atom stereocenters. The third-order valence-corrected chi connectivity index (χ3v) is 5.18. The van der Waals surface area contributed by atoms with Crippen molar-refractivity contribution in [2.24, 2.45) is 0 Å². The lowest BCUT2D eigenvalue weighted by Crippen LogP contribution is -3.16. The number of hydrogen-bond acceptors (Lipinski definition) is 5. The smallest absolute Gasteiger partial charge is 0.278 e. The van der Waals surface area contributed by atoms with Crippen LogP contribution in [0.15, 0.2) is 42.7 Å². The number of benzene rings is 1. The van der Waals surface area contributed by atoms with Crippen LogP contribution in [0.1, 0.15) is 12.5 Å². The van der Waals surface area contributed by atoms with E-state index in [1.54, 1.807) is 35.5 Å². The number of nitrogens with zero attached hydrogens (tertiary/aromatic N) is 4. The second-order valence-corrected chi connectivity index (χ2v) is 7.27. The summed E-state index contributed by atoms with van der Waals surface area (Å²) in [5.74, 6) is 0.146. The van der Waals surface area contributed by atoms with Crippen molar-refractivity contribution in [3.63, 3.8) is 0 Å². The Morgan fingerprint density at radius 3 is 2.47 bits per heavy atom. The maximum atomic E-state index is 13.0. The number of rotatable bonds is 8. The fraction of sp³-hybridized carbons (Fsp3) is 0.429. The fourth-order valence-corrected chi connectivity index (χ4v) is 3.39. The van der Waals surface area contributed by atoms with E-state index in [1.165, 1.54) is 17.0 Å². The third kappa shape index (κ3) is 6.21. The van der Waals surface area contributed by atoms with Gasteiger partial charge in [0, 0.05) is 25.5 Å². The molecule has 0 spiro atoms. The standard InChI is InChI=1S/C21H27FN6O2/c1-2-27(15-19(29)25-14-17-4-6-18(22)7-5-17)20(30)16-26-10-12-28(13-11-26)21-23-8-3-9-24-21/h3-9H,2,10-16H2,1H3,(H,25,29)/p+1. The summed E-state index contributed by atoms with van der Waals surface area (Å²) in [4.78, 5) is 38.4. The number of aromatic nitrogens is 2. The van der Waals surface area contributed by atoms with E-state index >= 15 is 0 Å². The first-order chi connectivity index (χ1) is 14.5. The summed E-state index contributed by atoms with van der Waals surface area (Å²) in [6.07, 6.45) is 3.46. The molecule has 1 aliphatic rings. The molecule has 2 aromatic rings. The number of hydrogen-bond donors (Lipinski definition) is 2. The van der Waals surface area contributed by atoms with Crippen molar-refractivity contribution >= 4 is 17.8 Å². The first kappa shape index (κ1) is 21.6. The van der Waals surface area contributed by atoms with Gasteiger partial charge in [-0.1, -0.05) is 12.1 Å². The molecule has 160 valence electrons. The third-order valence-electron chi connectivity index (χ3n) is 5.18. The van der Waals surface area contributed by atoms with Crippen LogP contribution in [0.3, 0.4) is 0 Å². The molecule has 2 N–H and O–H groups in total. The number of anilines is 1. The molecule has 0 aliphatic carbocycles. The average molecular weight is 415 g/mol. The topological polar surface area (TPSA) is 82.9 Å². The largest absolute Gasteiger partial charge is 0.350 e. The van der Waals surface area contributed by atoms with Gasteiger partial charge in [-0.3, -0.25) is 9.59 Å². The minimum Gasteiger partial charge on any atom is -0.350 e. The molecule has 30 heavy (non-hydrogen) atoms. The number of nitrogens with one attached hydrogen (secondary N) is 2. The van der Waals surface area contributed by atoms with Crippen LogP contribution in [0.2, 0.25) is 0 Å². The number of halogens is 1. The molecule has 1 aromatic carbocycles. The van der Waals surface area contributed by atoms with Gasteiger partial charge < -0.3 is 20.0 Å². The summed E-state index contributed by atoms with van der Waals surface area (Å²) in [7, 11) is 0. The van der Waals surface area contributed by atoms with Crippen molar-refractivity contribution in [3.05, 3.63) is 54.1 Å². The molecule has 2 heterocycles. The molecular weight excluding hydrogens is 387 g/mol. The molecule has 8 nitrogen and oxygen atoms in total. The molecule has 1 fully saturated rings. The highest BCUT2D eigenvalue weighted by Crippen LogP contribution is 2.04. The Labute approximate surface area is 175 Å². The summed E-state index contributed by atoms with van der Waals surface area (Å²) in [6, 6.07) is 7.76. The van der Waals surface area contributed by atoms with E-state index in [0.29, 0.717) is 19.6 Å². The Hall–Kier alpha value is -3.07. The van der Waals surface area contributed by atoms with Crippen LogP contribution < -0.4 is 15.1 Å². The quantitative estimate of drug-likeness (QED) is 0.607. The van der Waals surface area contributed by atoms with Crippen molar-refractivity contribution < 1.29 is 18.9 Å². The van der Waals surface area contributed by atoms with Crippen molar-refractivity contribution in [1.82, 2.24) is 20.2 Å². The van der Waals surface area contributed by atoms with Crippen molar-refractivity contribution in [3.8, 4) is 0 Å². The highest BCUT2D eigenvalue weighted by atomic mass is 19.1. The molecule has 9 heteroatoms. The molecule has 0 atom stereocenters. The van der Waals surface area contributed by atoms with E-state index < -0.39 is 0 Å². The lowest BCUT2D eigenvalue weighted by molar-refractivity contribution is -0.892. The normalized spacial score (nSPS) is 14.4. The molecule has 0 saturated carbocycles. The maximum Gasteiger partial charge on any atom is 0.278 e. The van der Waals surface area contributed by atoms with Crippen LogP contribution in [0.25, 0.3) is 0 Å². The number of quaternary nitrogens is 1. The minimum absolute atomic E-state index is 0.0216. The molecule has 0 bridgehead atoms. The summed E-state index contributed by atoms with van der Waals surface area (Å²) < 4.78 is 13.0. The Bertz CT molecular complexity index is 825. The van der Waals surface area contributed by atoms with Crippen molar-refractivity contribution in [2.75, 3.05) is 50.7 Å². The van der Waals surface area contributed by atoms with Gasteiger partial charge in [0.15, 0.2) is 6.54 Å². The lowest BCUT2D eigenvalue weighted by Gasteiger charge is -2.32. The summed E-state index contributed by atoms with van der Waals surface area (Å²) in [5, 5.41) is 2.78. The predicted molar refractivity (Wildman–Crippen MR) is 110 cm³/mol. The highest BCUT2D eigenvalue weighted by Gasteiger charge is 2.26. The predicted octanol–water partition coefficient (Wildman–Crippen LogP) is -0.514. The molecule has 1 aromatic heterocycles. The SMILES string of the molecule is CCN(CC(=O)NCc1ccc(F)cc1)C(=O)C[NH+]1CCN(c2ncccn2)CC1. The molecule has 2 amide bonds. The van der Waals surface area contributed by atoms with Gasteiger partial charge in [-0.25, -0.2) is 14.4 Å². The van der Waals surface area contributed by atoms with Gasteiger partial charge in [0.1, 0.15) is 5.82 Å². The summed E-state index contributed by atoms with van der Waals surface area (Å²) >= 11 is 0. The first-order valence-electron chi connectivity index (χ1n) is 10.2. The van der Waals surface area contributed by atoms with Crippen LogP contribution in [-0.4, -0.2) is 72.5 Å². The summed E-state index contributed by atoms with van der Waals surface area (Å²) in [5.41, 5.74) is 0.809. The Balaban J connectivity index is 1.42.